The highest BCUT2D eigenvalue weighted by Gasteiger charge is 2.21. The van der Waals surface area contributed by atoms with Gasteiger partial charge in [0.1, 0.15) is 17.4 Å². The van der Waals surface area contributed by atoms with Crippen LogP contribution in [0.5, 0.6) is 0 Å². The lowest BCUT2D eigenvalue weighted by atomic mass is 10.1. The lowest BCUT2D eigenvalue weighted by Crippen LogP contribution is -2.15. The normalized spacial score (nSPS) is 18.6. The maximum atomic E-state index is 5.79. The van der Waals surface area contributed by atoms with E-state index in [1.807, 2.05) is 12.1 Å². The van der Waals surface area contributed by atoms with Gasteiger partial charge in [-0.05, 0) is 31.4 Å². The average Bonchev–Trinajstić information content (AvgIpc) is 3.24. The summed E-state index contributed by atoms with van der Waals surface area (Å²) in [4.78, 5) is 16.5. The Morgan fingerprint density at radius 2 is 2.32 bits per heavy atom. The number of imidazole rings is 1. The average molecular weight is 299 g/mol. The molecule has 22 heavy (non-hydrogen) atoms. The molecule has 0 amide bonds. The molecule has 3 aromatic heterocycles. The van der Waals surface area contributed by atoms with Crippen LogP contribution in [0.4, 0.5) is 5.82 Å². The van der Waals surface area contributed by atoms with Gasteiger partial charge >= 0.3 is 0 Å². The predicted octanol–water partition coefficient (Wildman–Crippen LogP) is 2.80. The summed E-state index contributed by atoms with van der Waals surface area (Å²) in [5.41, 5.74) is 1.45. The molecular formula is C15H17N5O2. The Bertz CT molecular complexity index is 746. The number of nitrogens with one attached hydrogen (secondary N) is 2. The molecule has 0 radical (unpaired) electrons. The van der Waals surface area contributed by atoms with Gasteiger partial charge in [-0.25, -0.2) is 15.0 Å². The molecule has 0 spiro atoms. The quantitative estimate of drug-likeness (QED) is 0.770. The SMILES string of the molecule is c1coc(CNc2nc(C3CCCCO3)nc3nc[nH]c23)c1. The Hall–Kier alpha value is -2.41. The molecule has 0 bridgehead atoms. The van der Waals surface area contributed by atoms with Crippen LogP contribution in [0.1, 0.15) is 37.0 Å². The van der Waals surface area contributed by atoms with Gasteiger partial charge in [0.05, 0.1) is 19.1 Å². The first kappa shape index (κ1) is 13.3. The van der Waals surface area contributed by atoms with Crippen LogP contribution < -0.4 is 5.32 Å². The molecule has 2 N–H and O–H groups in total. The van der Waals surface area contributed by atoms with Crippen LogP contribution in [0.2, 0.25) is 0 Å². The van der Waals surface area contributed by atoms with Crippen molar-refractivity contribution in [2.75, 3.05) is 11.9 Å². The van der Waals surface area contributed by atoms with Gasteiger partial charge in [0, 0.05) is 6.61 Å². The molecule has 3 aromatic rings. The molecule has 4 rings (SSSR count). The highest BCUT2D eigenvalue weighted by molar-refractivity contribution is 5.82. The van der Waals surface area contributed by atoms with Crippen molar-refractivity contribution in [2.45, 2.75) is 31.9 Å². The van der Waals surface area contributed by atoms with Crippen LogP contribution in [0, 0.1) is 0 Å². The number of H-pyrrole nitrogens is 1. The maximum absolute atomic E-state index is 5.79. The standard InChI is InChI=1S/C15H17N5O2/c1-2-6-22-11(5-1)13-19-14(12-15(20-13)18-9-17-12)16-8-10-4-3-7-21-10/h3-4,7,9,11H,1-2,5-6,8H2,(H2,16,17,18,19,20). The van der Waals surface area contributed by atoms with Gasteiger partial charge in [-0.1, -0.05) is 0 Å². The molecule has 7 heteroatoms. The minimum absolute atomic E-state index is 0.0426. The fraction of sp³-hybridized carbons (Fsp3) is 0.400. The number of hydrogen-bond donors (Lipinski definition) is 2. The molecule has 1 fully saturated rings. The van der Waals surface area contributed by atoms with Gasteiger partial charge < -0.3 is 19.5 Å². The van der Waals surface area contributed by atoms with Gasteiger partial charge in [0.15, 0.2) is 17.3 Å². The molecule has 0 aromatic carbocycles. The topological polar surface area (TPSA) is 88.9 Å². The van der Waals surface area contributed by atoms with Gasteiger partial charge in [-0.2, -0.15) is 0 Å². The van der Waals surface area contributed by atoms with E-state index < -0.39 is 0 Å². The molecule has 0 aliphatic carbocycles. The Morgan fingerprint density at radius 3 is 3.14 bits per heavy atom. The van der Waals surface area contributed by atoms with Gasteiger partial charge in [-0.15, -0.1) is 0 Å². The summed E-state index contributed by atoms with van der Waals surface area (Å²) in [7, 11) is 0. The van der Waals surface area contributed by atoms with E-state index in [-0.39, 0.29) is 6.10 Å². The Kier molecular flexibility index (Phi) is 3.48. The molecule has 1 aliphatic heterocycles. The first-order valence-electron chi connectivity index (χ1n) is 7.49. The molecule has 7 nitrogen and oxygen atoms in total. The number of rotatable bonds is 4. The minimum Gasteiger partial charge on any atom is -0.467 e. The molecule has 1 saturated heterocycles. The first-order chi connectivity index (χ1) is 10.9. The largest absolute Gasteiger partial charge is 0.467 e. The molecule has 114 valence electrons. The molecule has 1 atom stereocenters. The smallest absolute Gasteiger partial charge is 0.183 e. The fourth-order valence-electron chi connectivity index (χ4n) is 2.65. The number of hydrogen-bond acceptors (Lipinski definition) is 6. The van der Waals surface area contributed by atoms with Crippen molar-refractivity contribution in [2.24, 2.45) is 0 Å². The zero-order valence-electron chi connectivity index (χ0n) is 12.1. The molecule has 1 aliphatic rings. The van der Waals surface area contributed by atoms with E-state index in [0.717, 1.165) is 43.0 Å². The van der Waals surface area contributed by atoms with Crippen molar-refractivity contribution in [1.29, 1.82) is 0 Å². The number of aromatic nitrogens is 4. The van der Waals surface area contributed by atoms with Gasteiger partial charge in [0.2, 0.25) is 0 Å². The van der Waals surface area contributed by atoms with E-state index in [1.165, 1.54) is 0 Å². The van der Waals surface area contributed by atoms with Crippen LogP contribution in [-0.2, 0) is 11.3 Å². The third kappa shape index (κ3) is 2.55. The summed E-state index contributed by atoms with van der Waals surface area (Å²) in [6.07, 6.45) is 6.44. The highest BCUT2D eigenvalue weighted by atomic mass is 16.5. The predicted molar refractivity (Wildman–Crippen MR) is 80.3 cm³/mol. The summed E-state index contributed by atoms with van der Waals surface area (Å²) in [5.74, 6) is 2.27. The van der Waals surface area contributed by atoms with Crippen molar-refractivity contribution >= 4 is 17.0 Å². The van der Waals surface area contributed by atoms with Crippen LogP contribution in [-0.4, -0.2) is 26.5 Å². The molecular weight excluding hydrogens is 282 g/mol. The van der Waals surface area contributed by atoms with Crippen LogP contribution in [0.25, 0.3) is 11.2 Å². The van der Waals surface area contributed by atoms with Crippen molar-refractivity contribution in [1.82, 2.24) is 19.9 Å². The van der Waals surface area contributed by atoms with E-state index in [2.05, 4.69) is 25.3 Å². The first-order valence-corrected chi connectivity index (χ1v) is 7.49. The summed E-state index contributed by atoms with van der Waals surface area (Å²) < 4.78 is 11.1. The Balaban J connectivity index is 1.64. The monoisotopic (exact) mass is 299 g/mol. The molecule has 1 unspecified atom stereocenters. The van der Waals surface area contributed by atoms with E-state index in [9.17, 15) is 0 Å². The van der Waals surface area contributed by atoms with E-state index in [0.29, 0.717) is 18.0 Å². The third-order valence-corrected chi connectivity index (χ3v) is 3.78. The second-order valence-electron chi connectivity index (χ2n) is 5.32. The van der Waals surface area contributed by atoms with Crippen molar-refractivity contribution < 1.29 is 9.15 Å². The summed E-state index contributed by atoms with van der Waals surface area (Å²) in [5, 5.41) is 3.28. The van der Waals surface area contributed by atoms with E-state index in [4.69, 9.17) is 9.15 Å². The summed E-state index contributed by atoms with van der Waals surface area (Å²) in [6, 6.07) is 3.79. The second-order valence-corrected chi connectivity index (χ2v) is 5.32. The molecule has 4 heterocycles. The highest BCUT2D eigenvalue weighted by Crippen LogP contribution is 2.28. The van der Waals surface area contributed by atoms with Crippen LogP contribution >= 0.6 is 0 Å². The summed E-state index contributed by atoms with van der Waals surface area (Å²) >= 11 is 0. The zero-order chi connectivity index (χ0) is 14.8. The van der Waals surface area contributed by atoms with Crippen LogP contribution in [0.3, 0.4) is 0 Å². The number of nitrogens with zero attached hydrogens (tertiary/aromatic N) is 3. The van der Waals surface area contributed by atoms with Gasteiger partial charge in [-0.3, -0.25) is 0 Å². The zero-order valence-corrected chi connectivity index (χ0v) is 12.1. The van der Waals surface area contributed by atoms with Crippen molar-refractivity contribution in [3.63, 3.8) is 0 Å². The lowest BCUT2D eigenvalue weighted by Gasteiger charge is -2.21. The van der Waals surface area contributed by atoms with E-state index in [1.54, 1.807) is 12.6 Å². The number of anilines is 1. The van der Waals surface area contributed by atoms with Crippen molar-refractivity contribution in [3.8, 4) is 0 Å². The minimum atomic E-state index is -0.0426. The number of furan rings is 1. The van der Waals surface area contributed by atoms with Gasteiger partial charge in [0.25, 0.3) is 0 Å². The molecule has 0 saturated carbocycles. The second kappa shape index (κ2) is 5.76. The number of ether oxygens (including phenoxy) is 1. The third-order valence-electron chi connectivity index (χ3n) is 3.78. The fourth-order valence-corrected chi connectivity index (χ4v) is 2.65. The maximum Gasteiger partial charge on any atom is 0.183 e. The summed E-state index contributed by atoms with van der Waals surface area (Å²) in [6.45, 7) is 1.32. The number of aromatic amines is 1. The number of fused-ring (bicyclic) bond motifs is 1. The Morgan fingerprint density at radius 1 is 1.32 bits per heavy atom. The van der Waals surface area contributed by atoms with Crippen LogP contribution in [0.15, 0.2) is 29.1 Å². The van der Waals surface area contributed by atoms with Crippen molar-refractivity contribution in [3.05, 3.63) is 36.3 Å². The van der Waals surface area contributed by atoms with E-state index >= 15 is 0 Å². The Labute approximate surface area is 127 Å². The lowest BCUT2D eigenvalue weighted by molar-refractivity contribution is 0.00972.